The van der Waals surface area contributed by atoms with Crippen LogP contribution in [0.25, 0.3) is 0 Å². The van der Waals surface area contributed by atoms with Crippen molar-refractivity contribution in [2.45, 2.75) is 51.2 Å². The summed E-state index contributed by atoms with van der Waals surface area (Å²) in [7, 11) is 1.74. The number of hydrogen-bond acceptors (Lipinski definition) is 3. The molecule has 0 aromatic rings. The van der Waals surface area contributed by atoms with E-state index in [0.717, 1.165) is 32.4 Å². The van der Waals surface area contributed by atoms with Gasteiger partial charge < -0.3 is 15.2 Å². The highest BCUT2D eigenvalue weighted by molar-refractivity contribution is 4.75. The highest BCUT2D eigenvalue weighted by Gasteiger charge is 2.20. The molecule has 0 saturated heterocycles. The van der Waals surface area contributed by atoms with Crippen LogP contribution < -0.4 is 5.32 Å². The zero-order chi connectivity index (χ0) is 11.1. The second-order valence-electron chi connectivity index (χ2n) is 4.66. The Morgan fingerprint density at radius 3 is 2.87 bits per heavy atom. The van der Waals surface area contributed by atoms with Gasteiger partial charge in [0.05, 0.1) is 12.7 Å². The van der Waals surface area contributed by atoms with E-state index in [2.05, 4.69) is 12.2 Å². The summed E-state index contributed by atoms with van der Waals surface area (Å²) >= 11 is 0. The van der Waals surface area contributed by atoms with E-state index in [4.69, 9.17) is 4.74 Å². The Labute approximate surface area is 93.2 Å². The fraction of sp³-hybridized carbons (Fsp3) is 1.00. The van der Waals surface area contributed by atoms with E-state index in [1.165, 1.54) is 12.8 Å². The van der Waals surface area contributed by atoms with Crippen molar-refractivity contribution in [2.75, 3.05) is 20.3 Å². The minimum absolute atomic E-state index is 0.0620. The minimum Gasteiger partial charge on any atom is -0.393 e. The van der Waals surface area contributed by atoms with Gasteiger partial charge in [0, 0.05) is 13.2 Å². The van der Waals surface area contributed by atoms with E-state index < -0.39 is 0 Å². The number of hydrogen-bond donors (Lipinski definition) is 2. The molecule has 1 aliphatic rings. The van der Waals surface area contributed by atoms with Gasteiger partial charge in [-0.05, 0) is 38.1 Å². The van der Waals surface area contributed by atoms with Gasteiger partial charge in [-0.3, -0.25) is 0 Å². The summed E-state index contributed by atoms with van der Waals surface area (Å²) in [5.74, 6) is 0.652. The van der Waals surface area contributed by atoms with Crippen LogP contribution in [0.15, 0.2) is 0 Å². The molecule has 3 heteroatoms. The molecule has 1 rings (SSSR count). The molecule has 0 aliphatic heterocycles. The Bertz CT molecular complexity index is 164. The molecule has 90 valence electrons. The van der Waals surface area contributed by atoms with Crippen LogP contribution in [0.4, 0.5) is 0 Å². The number of methoxy groups -OCH3 is 1. The number of ether oxygens (including phenoxy) is 1. The van der Waals surface area contributed by atoms with Crippen LogP contribution >= 0.6 is 0 Å². The Kier molecular flexibility index (Phi) is 6.22. The maximum absolute atomic E-state index is 9.55. The van der Waals surface area contributed by atoms with E-state index in [1.807, 2.05) is 0 Å². The maximum atomic E-state index is 9.55. The normalized spacial score (nSPS) is 29.0. The van der Waals surface area contributed by atoms with E-state index >= 15 is 0 Å². The quantitative estimate of drug-likeness (QED) is 0.706. The summed E-state index contributed by atoms with van der Waals surface area (Å²) in [6.45, 7) is 3.98. The molecule has 0 radical (unpaired) electrons. The zero-order valence-corrected chi connectivity index (χ0v) is 10.0. The van der Waals surface area contributed by atoms with Crippen LogP contribution in [0.3, 0.4) is 0 Å². The molecule has 0 heterocycles. The summed E-state index contributed by atoms with van der Waals surface area (Å²) in [5, 5.41) is 13.1. The van der Waals surface area contributed by atoms with Gasteiger partial charge in [0.1, 0.15) is 0 Å². The lowest BCUT2D eigenvalue weighted by Crippen LogP contribution is -2.38. The van der Waals surface area contributed by atoms with Gasteiger partial charge in [-0.15, -0.1) is 0 Å². The first-order valence-electron chi connectivity index (χ1n) is 6.16. The first kappa shape index (κ1) is 12.9. The molecule has 3 nitrogen and oxygen atoms in total. The smallest absolute Gasteiger partial charge is 0.0615 e. The van der Waals surface area contributed by atoms with Crippen molar-refractivity contribution in [1.82, 2.24) is 5.32 Å². The van der Waals surface area contributed by atoms with Gasteiger partial charge in [0.25, 0.3) is 0 Å². The first-order chi connectivity index (χ1) is 7.26. The molecule has 15 heavy (non-hydrogen) atoms. The highest BCUT2D eigenvalue weighted by atomic mass is 16.5. The van der Waals surface area contributed by atoms with Gasteiger partial charge >= 0.3 is 0 Å². The van der Waals surface area contributed by atoms with Crippen molar-refractivity contribution in [3.05, 3.63) is 0 Å². The van der Waals surface area contributed by atoms with Crippen molar-refractivity contribution in [2.24, 2.45) is 5.92 Å². The summed E-state index contributed by atoms with van der Waals surface area (Å²) in [6, 6.07) is 0.467. The Hall–Kier alpha value is -0.120. The summed E-state index contributed by atoms with van der Waals surface area (Å²) in [5.41, 5.74) is 0. The number of aliphatic hydroxyl groups is 1. The maximum Gasteiger partial charge on any atom is 0.0615 e. The third kappa shape index (κ3) is 4.96. The fourth-order valence-corrected chi connectivity index (χ4v) is 2.30. The second-order valence-corrected chi connectivity index (χ2v) is 4.66. The molecule has 0 aromatic heterocycles. The third-order valence-electron chi connectivity index (χ3n) is 3.31. The predicted octanol–water partition coefficient (Wildman–Crippen LogP) is 1.55. The van der Waals surface area contributed by atoms with E-state index in [1.54, 1.807) is 7.11 Å². The molecule has 0 aromatic carbocycles. The summed E-state index contributed by atoms with van der Waals surface area (Å²) in [4.78, 5) is 0. The third-order valence-corrected chi connectivity index (χ3v) is 3.31. The molecule has 1 aliphatic carbocycles. The molecule has 0 spiro atoms. The van der Waals surface area contributed by atoms with Gasteiger partial charge in [0.15, 0.2) is 0 Å². The molecule has 0 amide bonds. The number of rotatable bonds is 6. The van der Waals surface area contributed by atoms with Crippen LogP contribution in [0.1, 0.15) is 39.0 Å². The Morgan fingerprint density at radius 1 is 1.47 bits per heavy atom. The van der Waals surface area contributed by atoms with Crippen LogP contribution in [-0.2, 0) is 4.74 Å². The lowest BCUT2D eigenvalue weighted by atomic mass is 9.87. The average Bonchev–Trinajstić information content (AvgIpc) is 2.24. The molecule has 3 unspecified atom stereocenters. The van der Waals surface area contributed by atoms with Crippen molar-refractivity contribution in [3.63, 3.8) is 0 Å². The van der Waals surface area contributed by atoms with Crippen LogP contribution in [0.5, 0.6) is 0 Å². The van der Waals surface area contributed by atoms with Crippen LogP contribution in [-0.4, -0.2) is 37.5 Å². The first-order valence-corrected chi connectivity index (χ1v) is 6.16. The van der Waals surface area contributed by atoms with Gasteiger partial charge in [-0.2, -0.15) is 0 Å². The second kappa shape index (κ2) is 7.20. The predicted molar refractivity (Wildman–Crippen MR) is 61.9 cm³/mol. The van der Waals surface area contributed by atoms with Gasteiger partial charge in [0.2, 0.25) is 0 Å². The van der Waals surface area contributed by atoms with Crippen molar-refractivity contribution in [1.29, 1.82) is 0 Å². The Morgan fingerprint density at radius 2 is 2.27 bits per heavy atom. The topological polar surface area (TPSA) is 41.5 Å². The molecule has 3 atom stereocenters. The molecule has 0 bridgehead atoms. The SMILES string of the molecule is CCC(COC)NCC1CCCC(O)C1. The molecule has 2 N–H and O–H groups in total. The van der Waals surface area contributed by atoms with E-state index in [-0.39, 0.29) is 6.10 Å². The van der Waals surface area contributed by atoms with Gasteiger partial charge in [-0.1, -0.05) is 13.3 Å². The summed E-state index contributed by atoms with van der Waals surface area (Å²) in [6.07, 6.45) is 5.43. The number of nitrogens with one attached hydrogen (secondary N) is 1. The van der Waals surface area contributed by atoms with E-state index in [0.29, 0.717) is 12.0 Å². The van der Waals surface area contributed by atoms with Crippen LogP contribution in [0.2, 0.25) is 0 Å². The summed E-state index contributed by atoms with van der Waals surface area (Å²) < 4.78 is 5.14. The van der Waals surface area contributed by atoms with Crippen molar-refractivity contribution in [3.8, 4) is 0 Å². The average molecular weight is 215 g/mol. The van der Waals surface area contributed by atoms with Crippen molar-refractivity contribution >= 4 is 0 Å². The lowest BCUT2D eigenvalue weighted by Gasteiger charge is -2.27. The zero-order valence-electron chi connectivity index (χ0n) is 10.0. The molecular weight excluding hydrogens is 190 g/mol. The van der Waals surface area contributed by atoms with E-state index in [9.17, 15) is 5.11 Å². The van der Waals surface area contributed by atoms with Crippen molar-refractivity contribution < 1.29 is 9.84 Å². The van der Waals surface area contributed by atoms with Gasteiger partial charge in [-0.25, -0.2) is 0 Å². The highest BCUT2D eigenvalue weighted by Crippen LogP contribution is 2.23. The molecular formula is C12H25NO2. The fourth-order valence-electron chi connectivity index (χ4n) is 2.30. The van der Waals surface area contributed by atoms with Crippen LogP contribution in [0, 0.1) is 5.92 Å². The molecule has 1 fully saturated rings. The monoisotopic (exact) mass is 215 g/mol. The lowest BCUT2D eigenvalue weighted by molar-refractivity contribution is 0.0964. The minimum atomic E-state index is -0.0620. The number of aliphatic hydroxyl groups excluding tert-OH is 1. The largest absolute Gasteiger partial charge is 0.393 e. The standard InChI is InChI=1S/C12H25NO2/c1-3-11(9-15-2)13-8-10-5-4-6-12(14)7-10/h10-14H,3-9H2,1-2H3. The Balaban J connectivity index is 2.16. The molecule has 1 saturated carbocycles.